The number of rotatable bonds is 9. The van der Waals surface area contributed by atoms with Gasteiger partial charge in [-0.05, 0) is 6.92 Å². The van der Waals surface area contributed by atoms with Crippen molar-refractivity contribution in [3.63, 3.8) is 0 Å². The van der Waals surface area contributed by atoms with E-state index in [0.717, 1.165) is 0 Å². The Kier molecular flexibility index (Phi) is 11.2. The Morgan fingerprint density at radius 1 is 0.737 bits per heavy atom. The number of ether oxygens (including phenoxy) is 5. The highest BCUT2D eigenvalue weighted by Gasteiger charge is 2.52. The molecule has 38 heavy (non-hydrogen) atoms. The van der Waals surface area contributed by atoms with E-state index in [2.05, 4.69) is 5.32 Å². The van der Waals surface area contributed by atoms with Gasteiger partial charge in [0.15, 0.2) is 12.6 Å². The highest BCUT2D eigenvalue weighted by atomic mass is 16.7. The molecule has 0 radical (unpaired) electrons. The smallest absolute Gasteiger partial charge is 0.217 e. The molecule has 10 N–H and O–H groups in total. The van der Waals surface area contributed by atoms with Crippen LogP contribution < -0.4 is 5.32 Å². The van der Waals surface area contributed by atoms with Crippen LogP contribution in [0.4, 0.5) is 0 Å². The minimum Gasteiger partial charge on any atom is -0.394 e. The van der Waals surface area contributed by atoms with E-state index >= 15 is 0 Å². The second kappa shape index (κ2) is 13.5. The molecule has 15 atom stereocenters. The Balaban J connectivity index is 1.74. The van der Waals surface area contributed by atoms with Crippen molar-refractivity contribution in [2.75, 3.05) is 26.4 Å². The highest BCUT2D eigenvalue weighted by Crippen LogP contribution is 2.31. The van der Waals surface area contributed by atoms with Gasteiger partial charge in [0, 0.05) is 12.8 Å². The maximum atomic E-state index is 11.9. The van der Waals surface area contributed by atoms with Gasteiger partial charge in [0.2, 0.25) is 5.91 Å². The van der Waals surface area contributed by atoms with Gasteiger partial charge in [-0.2, -0.15) is 0 Å². The molecule has 0 saturated carbocycles. The van der Waals surface area contributed by atoms with Crippen LogP contribution in [0.1, 0.15) is 13.8 Å². The van der Waals surface area contributed by atoms with E-state index in [0.29, 0.717) is 0 Å². The lowest BCUT2D eigenvalue weighted by Gasteiger charge is -2.47. The lowest BCUT2D eigenvalue weighted by atomic mass is 9.88. The fourth-order valence-electron chi connectivity index (χ4n) is 4.90. The summed E-state index contributed by atoms with van der Waals surface area (Å²) in [5.74, 6) is -1.38. The number of carbonyl (C=O) groups is 1. The van der Waals surface area contributed by atoms with Crippen LogP contribution >= 0.6 is 0 Å². The van der Waals surface area contributed by atoms with Crippen molar-refractivity contribution in [3.05, 3.63) is 0 Å². The van der Waals surface area contributed by atoms with Crippen LogP contribution in [0.5, 0.6) is 0 Å². The average Bonchev–Trinajstić information content (AvgIpc) is 2.88. The van der Waals surface area contributed by atoms with Crippen LogP contribution in [0.2, 0.25) is 0 Å². The molecule has 16 heteroatoms. The molecule has 16 nitrogen and oxygen atoms in total. The van der Waals surface area contributed by atoms with E-state index in [9.17, 15) is 50.8 Å². The third-order valence-electron chi connectivity index (χ3n) is 7.16. The monoisotopic (exact) mass is 557 g/mol. The van der Waals surface area contributed by atoms with Crippen molar-refractivity contribution in [2.45, 2.75) is 99.6 Å². The van der Waals surface area contributed by atoms with Crippen LogP contribution in [-0.4, -0.2) is 164 Å². The van der Waals surface area contributed by atoms with Gasteiger partial charge in [0.05, 0.1) is 38.6 Å². The molecule has 3 aliphatic heterocycles. The van der Waals surface area contributed by atoms with E-state index in [4.69, 9.17) is 23.7 Å². The number of carbonyl (C=O) groups excluding carboxylic acids is 1. The summed E-state index contributed by atoms with van der Waals surface area (Å²) >= 11 is 0. The number of amides is 1. The van der Waals surface area contributed by atoms with Gasteiger partial charge >= 0.3 is 0 Å². The van der Waals surface area contributed by atoms with E-state index in [1.54, 1.807) is 6.92 Å². The molecule has 3 saturated heterocycles. The molecule has 0 spiro atoms. The summed E-state index contributed by atoms with van der Waals surface area (Å²) < 4.78 is 28.0. The third kappa shape index (κ3) is 6.61. The molecule has 0 aromatic heterocycles. The molecule has 3 rings (SSSR count). The van der Waals surface area contributed by atoms with Crippen LogP contribution in [0, 0.1) is 5.92 Å². The molecule has 0 aromatic rings. The quantitative estimate of drug-likeness (QED) is 0.126. The largest absolute Gasteiger partial charge is 0.394 e. The van der Waals surface area contributed by atoms with Gasteiger partial charge in [0.1, 0.15) is 61.0 Å². The fourth-order valence-corrected chi connectivity index (χ4v) is 4.90. The third-order valence-corrected chi connectivity index (χ3v) is 7.16. The summed E-state index contributed by atoms with van der Waals surface area (Å²) in [6, 6.07) is -1.29. The lowest BCUT2D eigenvalue weighted by molar-refractivity contribution is -0.350. The molecule has 0 aliphatic carbocycles. The Labute approximate surface area is 218 Å². The summed E-state index contributed by atoms with van der Waals surface area (Å²) in [5, 5.41) is 93.2. The molecule has 6 unspecified atom stereocenters. The molecule has 3 fully saturated rings. The molecule has 3 aliphatic rings. The fraction of sp³-hybridized carbons (Fsp3) is 0.955. The summed E-state index contributed by atoms with van der Waals surface area (Å²) in [7, 11) is 0. The van der Waals surface area contributed by atoms with Crippen molar-refractivity contribution in [1.82, 2.24) is 5.32 Å². The number of aliphatic hydroxyl groups excluding tert-OH is 9. The first kappa shape index (κ1) is 31.4. The molecule has 3 heterocycles. The first-order chi connectivity index (χ1) is 17.9. The minimum atomic E-state index is -1.80. The number of nitrogens with one attached hydrogen (secondary N) is 1. The van der Waals surface area contributed by atoms with Crippen LogP contribution in [0.3, 0.4) is 0 Å². The van der Waals surface area contributed by atoms with Crippen molar-refractivity contribution in [3.8, 4) is 0 Å². The topological polar surface area (TPSA) is 257 Å². The predicted molar refractivity (Wildman–Crippen MR) is 121 cm³/mol. The normalized spacial score (nSPS) is 48.0. The second-order valence-electron chi connectivity index (χ2n) is 9.78. The van der Waals surface area contributed by atoms with Gasteiger partial charge in [-0.3, -0.25) is 4.79 Å². The second-order valence-corrected chi connectivity index (χ2v) is 9.78. The standard InChI is InChI=1S/C22H39NO15/c1-7-9(14(28)15(29)10(3-24)35-7)6-34-21-13(23-8(2)27)17(31)20(12(5-26)37-21)38-22-19(33)18(32)16(30)11(4-25)36-22/h7,9-22,24-26,28-33H,3-6H2,1-2H3,(H,23,27)/t7-,9?,10?,11?,12+,13?,14-,15-,16+,17?,18+,19?,20-,21-,22+/m1/s1. The van der Waals surface area contributed by atoms with Crippen molar-refractivity contribution in [2.24, 2.45) is 5.92 Å². The zero-order chi connectivity index (χ0) is 28.3. The maximum absolute atomic E-state index is 11.9. The average molecular weight is 558 g/mol. The number of hydrogen-bond donors (Lipinski definition) is 10. The first-order valence-electron chi connectivity index (χ1n) is 12.4. The summed E-state index contributed by atoms with van der Waals surface area (Å²) in [5.41, 5.74) is 0. The number of aliphatic hydroxyl groups is 9. The number of hydrogen-bond acceptors (Lipinski definition) is 15. The lowest BCUT2D eigenvalue weighted by Crippen LogP contribution is -2.67. The van der Waals surface area contributed by atoms with Gasteiger partial charge in [0.25, 0.3) is 0 Å². The van der Waals surface area contributed by atoms with Crippen LogP contribution in [0.25, 0.3) is 0 Å². The zero-order valence-corrected chi connectivity index (χ0v) is 21.0. The molecule has 222 valence electrons. The van der Waals surface area contributed by atoms with Crippen LogP contribution in [0.15, 0.2) is 0 Å². The van der Waals surface area contributed by atoms with Gasteiger partial charge in [-0.25, -0.2) is 0 Å². The van der Waals surface area contributed by atoms with Crippen molar-refractivity contribution in [1.29, 1.82) is 0 Å². The Bertz CT molecular complexity index is 760. The molecule has 0 bridgehead atoms. The molecular formula is C22H39NO15. The summed E-state index contributed by atoms with van der Waals surface area (Å²) in [6.45, 7) is 0.545. The predicted octanol–water partition coefficient (Wildman–Crippen LogP) is -6.11. The van der Waals surface area contributed by atoms with E-state index in [1.165, 1.54) is 6.92 Å². The van der Waals surface area contributed by atoms with Crippen molar-refractivity contribution >= 4 is 5.91 Å². The summed E-state index contributed by atoms with van der Waals surface area (Å²) in [6.07, 6.45) is -18.3. The van der Waals surface area contributed by atoms with Crippen LogP contribution in [-0.2, 0) is 28.5 Å². The van der Waals surface area contributed by atoms with Gasteiger partial charge in [-0.1, -0.05) is 0 Å². The van der Waals surface area contributed by atoms with E-state index in [-0.39, 0.29) is 6.61 Å². The van der Waals surface area contributed by atoms with Gasteiger partial charge < -0.3 is 75.0 Å². The molecule has 0 aromatic carbocycles. The zero-order valence-electron chi connectivity index (χ0n) is 21.0. The van der Waals surface area contributed by atoms with Crippen molar-refractivity contribution < 1.29 is 74.4 Å². The Morgan fingerprint density at radius 2 is 1.29 bits per heavy atom. The Morgan fingerprint density at radius 3 is 1.87 bits per heavy atom. The minimum absolute atomic E-state index is 0.276. The molecular weight excluding hydrogens is 518 g/mol. The van der Waals surface area contributed by atoms with E-state index in [1.807, 2.05) is 0 Å². The highest BCUT2D eigenvalue weighted by molar-refractivity contribution is 5.73. The molecule has 1 amide bonds. The maximum Gasteiger partial charge on any atom is 0.217 e. The Hall–Kier alpha value is -1.09. The first-order valence-corrected chi connectivity index (χ1v) is 12.4. The summed E-state index contributed by atoms with van der Waals surface area (Å²) in [4.78, 5) is 11.9. The SMILES string of the molecule is CC(=O)NC1C(O)[C@H](O[C@@H]2OC(CO)[C@H](O)[C@H](O)C2O)[C@H](CO)O[C@H]1OCC1[C@@H](O)[C@H](O)C(CO)O[C@@H]1C. The van der Waals surface area contributed by atoms with E-state index < -0.39 is 117 Å². The van der Waals surface area contributed by atoms with Gasteiger partial charge in [-0.15, -0.1) is 0 Å².